The maximum atomic E-state index is 5.96. The van der Waals surface area contributed by atoms with Gasteiger partial charge in [0.15, 0.2) is 5.13 Å². The molecule has 0 bridgehead atoms. The second-order valence-corrected chi connectivity index (χ2v) is 6.23. The summed E-state index contributed by atoms with van der Waals surface area (Å²) in [6.07, 6.45) is 1.46. The summed E-state index contributed by atoms with van der Waals surface area (Å²) in [5.74, 6) is 0.625. The van der Waals surface area contributed by atoms with Gasteiger partial charge in [-0.2, -0.15) is 0 Å². The van der Waals surface area contributed by atoms with Crippen LogP contribution in [-0.4, -0.2) is 31.3 Å². The standard InChI is InChI=1S/C13H23N3OS/c1-8-5-6-16(7-11(8)17-4)13-15-10(3)12(18-13)9(2)14/h8-9,11H,5-7,14H2,1-4H3. The zero-order valence-electron chi connectivity index (χ0n) is 11.6. The van der Waals surface area contributed by atoms with Gasteiger partial charge in [-0.25, -0.2) is 4.98 Å². The fourth-order valence-corrected chi connectivity index (χ4v) is 3.52. The predicted octanol–water partition coefficient (Wildman–Crippen LogP) is 2.33. The van der Waals surface area contributed by atoms with Crippen molar-refractivity contribution in [2.24, 2.45) is 11.7 Å². The number of thiazole rings is 1. The SMILES string of the molecule is COC1CN(c2nc(C)c(C(C)N)s2)CCC1C. The highest BCUT2D eigenvalue weighted by molar-refractivity contribution is 7.15. The van der Waals surface area contributed by atoms with E-state index in [1.807, 2.05) is 13.8 Å². The lowest BCUT2D eigenvalue weighted by Gasteiger charge is -2.36. The van der Waals surface area contributed by atoms with Gasteiger partial charge in [-0.3, -0.25) is 0 Å². The van der Waals surface area contributed by atoms with Crippen molar-refractivity contribution in [3.05, 3.63) is 10.6 Å². The lowest BCUT2D eigenvalue weighted by molar-refractivity contribution is 0.0498. The summed E-state index contributed by atoms with van der Waals surface area (Å²) in [7, 11) is 1.80. The van der Waals surface area contributed by atoms with Crippen LogP contribution in [0.25, 0.3) is 0 Å². The van der Waals surface area contributed by atoms with Crippen LogP contribution in [0.2, 0.25) is 0 Å². The van der Waals surface area contributed by atoms with Gasteiger partial charge in [0, 0.05) is 31.1 Å². The smallest absolute Gasteiger partial charge is 0.185 e. The number of hydrogen-bond acceptors (Lipinski definition) is 5. The molecule has 0 aliphatic carbocycles. The van der Waals surface area contributed by atoms with E-state index in [1.165, 1.54) is 4.88 Å². The maximum absolute atomic E-state index is 5.96. The largest absolute Gasteiger partial charge is 0.379 e. The molecule has 1 aromatic rings. The minimum Gasteiger partial charge on any atom is -0.379 e. The Morgan fingerprint density at radius 3 is 2.83 bits per heavy atom. The van der Waals surface area contributed by atoms with Crippen LogP contribution in [0.1, 0.15) is 36.9 Å². The van der Waals surface area contributed by atoms with Gasteiger partial charge in [-0.15, -0.1) is 11.3 Å². The molecule has 0 spiro atoms. The van der Waals surface area contributed by atoms with Gasteiger partial charge >= 0.3 is 0 Å². The molecule has 5 heteroatoms. The summed E-state index contributed by atoms with van der Waals surface area (Å²) >= 11 is 1.72. The Bertz CT molecular complexity index is 405. The number of nitrogens with two attached hydrogens (primary N) is 1. The monoisotopic (exact) mass is 269 g/mol. The number of piperidine rings is 1. The van der Waals surface area contributed by atoms with E-state index in [9.17, 15) is 0 Å². The number of methoxy groups -OCH3 is 1. The zero-order chi connectivity index (χ0) is 13.3. The van der Waals surface area contributed by atoms with Gasteiger partial charge in [0.1, 0.15) is 0 Å². The maximum Gasteiger partial charge on any atom is 0.185 e. The molecule has 2 N–H and O–H groups in total. The summed E-state index contributed by atoms with van der Waals surface area (Å²) in [4.78, 5) is 8.18. The molecule has 1 fully saturated rings. The first-order valence-corrected chi connectivity index (χ1v) is 7.35. The topological polar surface area (TPSA) is 51.4 Å². The number of rotatable bonds is 3. The molecule has 2 heterocycles. The third kappa shape index (κ3) is 2.68. The number of aromatic nitrogens is 1. The molecule has 1 aliphatic heterocycles. The third-order valence-electron chi connectivity index (χ3n) is 3.70. The van der Waals surface area contributed by atoms with E-state index < -0.39 is 0 Å². The van der Waals surface area contributed by atoms with Crippen molar-refractivity contribution >= 4 is 16.5 Å². The minimum absolute atomic E-state index is 0.0678. The number of aryl methyl sites for hydroxylation is 1. The molecule has 18 heavy (non-hydrogen) atoms. The molecule has 1 aliphatic rings. The summed E-state index contributed by atoms with van der Waals surface area (Å²) in [6.45, 7) is 8.31. The highest BCUT2D eigenvalue weighted by Crippen LogP contribution is 2.32. The van der Waals surface area contributed by atoms with E-state index in [0.29, 0.717) is 12.0 Å². The molecular formula is C13H23N3OS. The normalized spacial score (nSPS) is 26.4. The molecule has 4 nitrogen and oxygen atoms in total. The molecule has 3 unspecified atom stereocenters. The Morgan fingerprint density at radius 2 is 2.28 bits per heavy atom. The molecular weight excluding hydrogens is 246 g/mol. The van der Waals surface area contributed by atoms with Gasteiger partial charge in [-0.05, 0) is 26.2 Å². The first-order valence-electron chi connectivity index (χ1n) is 6.53. The van der Waals surface area contributed by atoms with E-state index >= 15 is 0 Å². The molecule has 0 radical (unpaired) electrons. The van der Waals surface area contributed by atoms with Gasteiger partial charge in [0.25, 0.3) is 0 Å². The summed E-state index contributed by atoms with van der Waals surface area (Å²) in [5, 5.41) is 1.09. The van der Waals surface area contributed by atoms with Crippen LogP contribution < -0.4 is 10.6 Å². The van der Waals surface area contributed by atoms with E-state index in [-0.39, 0.29) is 6.04 Å². The molecule has 0 amide bonds. The molecule has 0 saturated carbocycles. The summed E-state index contributed by atoms with van der Waals surface area (Å²) in [5.41, 5.74) is 7.03. The average Bonchev–Trinajstić information content (AvgIpc) is 2.72. The predicted molar refractivity (Wildman–Crippen MR) is 76.2 cm³/mol. The lowest BCUT2D eigenvalue weighted by Crippen LogP contribution is -2.43. The number of nitrogens with zero attached hydrogens (tertiary/aromatic N) is 2. The van der Waals surface area contributed by atoms with Gasteiger partial charge < -0.3 is 15.4 Å². The highest BCUT2D eigenvalue weighted by atomic mass is 32.1. The molecule has 1 saturated heterocycles. The Kier molecular flexibility index (Phi) is 4.25. The van der Waals surface area contributed by atoms with Crippen molar-refractivity contribution in [1.82, 2.24) is 4.98 Å². The van der Waals surface area contributed by atoms with E-state index in [1.54, 1.807) is 18.4 Å². The second-order valence-electron chi connectivity index (χ2n) is 5.22. The Balaban J connectivity index is 2.14. The van der Waals surface area contributed by atoms with Crippen LogP contribution in [0, 0.1) is 12.8 Å². The summed E-state index contributed by atoms with van der Waals surface area (Å²) < 4.78 is 5.55. The van der Waals surface area contributed by atoms with E-state index in [0.717, 1.165) is 30.3 Å². The molecule has 102 valence electrons. The van der Waals surface area contributed by atoms with Crippen molar-refractivity contribution in [2.75, 3.05) is 25.1 Å². The van der Waals surface area contributed by atoms with Crippen molar-refractivity contribution < 1.29 is 4.74 Å². The number of hydrogen-bond donors (Lipinski definition) is 1. The Morgan fingerprint density at radius 1 is 1.56 bits per heavy atom. The van der Waals surface area contributed by atoms with Crippen molar-refractivity contribution in [1.29, 1.82) is 0 Å². The minimum atomic E-state index is 0.0678. The van der Waals surface area contributed by atoms with E-state index in [2.05, 4.69) is 16.8 Å². The van der Waals surface area contributed by atoms with Crippen molar-refractivity contribution in [3.63, 3.8) is 0 Å². The second kappa shape index (κ2) is 5.55. The van der Waals surface area contributed by atoms with Gasteiger partial charge in [-0.1, -0.05) is 6.92 Å². The third-order valence-corrected chi connectivity index (χ3v) is 5.12. The molecule has 1 aromatic heterocycles. The van der Waals surface area contributed by atoms with Crippen LogP contribution in [0.3, 0.4) is 0 Å². The first-order chi connectivity index (χ1) is 8.52. The summed E-state index contributed by atoms with van der Waals surface area (Å²) in [6, 6.07) is 0.0678. The number of anilines is 1. The van der Waals surface area contributed by atoms with Crippen LogP contribution >= 0.6 is 11.3 Å². The fourth-order valence-electron chi connectivity index (χ4n) is 2.47. The van der Waals surface area contributed by atoms with Crippen LogP contribution in [0.4, 0.5) is 5.13 Å². The van der Waals surface area contributed by atoms with Gasteiger partial charge in [0.05, 0.1) is 11.8 Å². The van der Waals surface area contributed by atoms with Crippen LogP contribution in [-0.2, 0) is 4.74 Å². The van der Waals surface area contributed by atoms with Crippen molar-refractivity contribution in [2.45, 2.75) is 39.3 Å². The zero-order valence-corrected chi connectivity index (χ0v) is 12.5. The fraction of sp³-hybridized carbons (Fsp3) is 0.769. The quantitative estimate of drug-likeness (QED) is 0.915. The average molecular weight is 269 g/mol. The van der Waals surface area contributed by atoms with Crippen LogP contribution in [0.15, 0.2) is 0 Å². The van der Waals surface area contributed by atoms with E-state index in [4.69, 9.17) is 10.5 Å². The first kappa shape index (κ1) is 13.8. The molecule has 0 aromatic carbocycles. The number of ether oxygens (including phenoxy) is 1. The highest BCUT2D eigenvalue weighted by Gasteiger charge is 2.28. The Labute approximate surface area is 113 Å². The molecule has 2 rings (SSSR count). The lowest BCUT2D eigenvalue weighted by atomic mass is 9.96. The molecule has 3 atom stereocenters. The van der Waals surface area contributed by atoms with Crippen molar-refractivity contribution in [3.8, 4) is 0 Å². The van der Waals surface area contributed by atoms with Gasteiger partial charge in [0.2, 0.25) is 0 Å². The van der Waals surface area contributed by atoms with Crippen LogP contribution in [0.5, 0.6) is 0 Å². The Hall–Kier alpha value is -0.650.